The van der Waals surface area contributed by atoms with Crippen LogP contribution in [0.25, 0.3) is 10.2 Å². The molecule has 0 aliphatic carbocycles. The molecule has 0 saturated heterocycles. The van der Waals surface area contributed by atoms with E-state index < -0.39 is 17.4 Å². The van der Waals surface area contributed by atoms with Gasteiger partial charge in [-0.15, -0.1) is 11.3 Å². The average molecular weight is 436 g/mol. The Hall–Kier alpha value is -2.91. The van der Waals surface area contributed by atoms with E-state index in [0.717, 1.165) is 10.1 Å². The van der Waals surface area contributed by atoms with Gasteiger partial charge in [-0.2, -0.15) is 0 Å². The Labute approximate surface area is 175 Å². The molecule has 152 valence electrons. The summed E-state index contributed by atoms with van der Waals surface area (Å²) >= 11 is 7.24. The van der Waals surface area contributed by atoms with Gasteiger partial charge in [0.2, 0.25) is 5.91 Å². The number of esters is 1. The maximum atomic E-state index is 12.8. The zero-order chi connectivity index (χ0) is 21.1. The Balaban J connectivity index is 1.89. The minimum atomic E-state index is -0.596. The summed E-state index contributed by atoms with van der Waals surface area (Å²) in [6.45, 7) is 3.38. The molecule has 1 aromatic carbocycles. The average Bonchev–Trinajstić information content (AvgIpc) is 3.12. The van der Waals surface area contributed by atoms with Gasteiger partial charge in [-0.1, -0.05) is 11.6 Å². The highest BCUT2D eigenvalue weighted by Crippen LogP contribution is 2.31. The summed E-state index contributed by atoms with van der Waals surface area (Å²) in [4.78, 5) is 42.0. The quantitative estimate of drug-likeness (QED) is 0.596. The second-order valence-electron chi connectivity index (χ2n) is 6.08. The fourth-order valence-electron chi connectivity index (χ4n) is 2.71. The molecule has 3 aromatic rings. The van der Waals surface area contributed by atoms with Crippen molar-refractivity contribution in [2.45, 2.75) is 20.4 Å². The molecular formula is C19H18ClN3O5S. The molecule has 0 fully saturated rings. The van der Waals surface area contributed by atoms with Gasteiger partial charge in [0.15, 0.2) is 0 Å². The number of benzene rings is 1. The zero-order valence-electron chi connectivity index (χ0n) is 15.9. The van der Waals surface area contributed by atoms with Gasteiger partial charge in [-0.05, 0) is 25.5 Å². The lowest BCUT2D eigenvalue weighted by Crippen LogP contribution is -2.28. The second-order valence-corrected chi connectivity index (χ2v) is 7.34. The molecule has 8 nitrogen and oxygen atoms in total. The van der Waals surface area contributed by atoms with Crippen LogP contribution in [0.2, 0.25) is 5.02 Å². The van der Waals surface area contributed by atoms with Gasteiger partial charge in [-0.25, -0.2) is 9.78 Å². The smallest absolute Gasteiger partial charge is 0.339 e. The molecule has 2 heterocycles. The number of aromatic nitrogens is 2. The van der Waals surface area contributed by atoms with E-state index in [0.29, 0.717) is 21.3 Å². The van der Waals surface area contributed by atoms with E-state index in [1.54, 1.807) is 26.0 Å². The number of carbonyl (C=O) groups is 2. The zero-order valence-corrected chi connectivity index (χ0v) is 17.5. The summed E-state index contributed by atoms with van der Waals surface area (Å²) in [6, 6.07) is 3.28. The molecule has 3 rings (SSSR count). The SMILES string of the molecule is CCOC(=O)c1csc2ncn(CC(=O)Nc3cc(C)c(Cl)cc3OC)c(=O)c12. The topological polar surface area (TPSA) is 99.5 Å². The van der Waals surface area contributed by atoms with E-state index in [1.807, 2.05) is 0 Å². The van der Waals surface area contributed by atoms with Crippen LogP contribution in [0.5, 0.6) is 5.75 Å². The molecule has 0 saturated carbocycles. The van der Waals surface area contributed by atoms with Crippen LogP contribution in [-0.2, 0) is 16.1 Å². The van der Waals surface area contributed by atoms with E-state index >= 15 is 0 Å². The number of anilines is 1. The van der Waals surface area contributed by atoms with Crippen LogP contribution in [0.15, 0.2) is 28.6 Å². The van der Waals surface area contributed by atoms with Crippen LogP contribution in [0.4, 0.5) is 5.69 Å². The first-order chi connectivity index (χ1) is 13.8. The number of rotatable bonds is 6. The number of thiophene rings is 1. The molecule has 0 unspecified atom stereocenters. The van der Waals surface area contributed by atoms with E-state index in [2.05, 4.69) is 10.3 Å². The number of hydrogen-bond acceptors (Lipinski definition) is 7. The van der Waals surface area contributed by atoms with Crippen LogP contribution < -0.4 is 15.6 Å². The summed E-state index contributed by atoms with van der Waals surface area (Å²) in [5.41, 5.74) is 0.854. The first-order valence-corrected chi connectivity index (χ1v) is 9.89. The molecule has 0 bridgehead atoms. The predicted molar refractivity (Wildman–Crippen MR) is 111 cm³/mol. The molecule has 29 heavy (non-hydrogen) atoms. The number of ether oxygens (including phenoxy) is 2. The number of amides is 1. The molecule has 1 N–H and O–H groups in total. The lowest BCUT2D eigenvalue weighted by atomic mass is 10.2. The van der Waals surface area contributed by atoms with E-state index in [4.69, 9.17) is 21.1 Å². The van der Waals surface area contributed by atoms with Crippen molar-refractivity contribution in [3.05, 3.63) is 50.3 Å². The fraction of sp³-hybridized carbons (Fsp3) is 0.263. The maximum Gasteiger partial charge on any atom is 0.339 e. The Morgan fingerprint density at radius 1 is 1.34 bits per heavy atom. The molecule has 10 heteroatoms. The van der Waals surface area contributed by atoms with Gasteiger partial charge in [0.1, 0.15) is 17.1 Å². The van der Waals surface area contributed by atoms with Crippen molar-refractivity contribution < 1.29 is 19.1 Å². The number of hydrogen-bond donors (Lipinski definition) is 1. The van der Waals surface area contributed by atoms with Gasteiger partial charge >= 0.3 is 5.97 Å². The van der Waals surface area contributed by atoms with E-state index in [-0.39, 0.29) is 24.1 Å². The van der Waals surface area contributed by atoms with Crippen molar-refractivity contribution >= 4 is 50.7 Å². The number of nitrogens with zero attached hydrogens (tertiary/aromatic N) is 2. The third kappa shape index (κ3) is 4.25. The van der Waals surface area contributed by atoms with Crippen molar-refractivity contribution in [1.29, 1.82) is 0 Å². The number of carbonyl (C=O) groups excluding carboxylic acids is 2. The number of aryl methyl sites for hydroxylation is 1. The van der Waals surface area contributed by atoms with Gasteiger partial charge in [0, 0.05) is 16.5 Å². The minimum Gasteiger partial charge on any atom is -0.495 e. The van der Waals surface area contributed by atoms with Crippen molar-refractivity contribution in [1.82, 2.24) is 9.55 Å². The summed E-state index contributed by atoms with van der Waals surface area (Å²) in [5, 5.41) is 4.89. The van der Waals surface area contributed by atoms with E-state index in [1.165, 1.54) is 30.2 Å². The third-order valence-electron chi connectivity index (χ3n) is 4.12. The molecule has 0 atom stereocenters. The van der Waals surface area contributed by atoms with Crippen molar-refractivity contribution in [3.8, 4) is 5.75 Å². The van der Waals surface area contributed by atoms with Crippen LogP contribution >= 0.6 is 22.9 Å². The molecule has 0 radical (unpaired) electrons. The molecule has 2 aromatic heterocycles. The van der Waals surface area contributed by atoms with Crippen LogP contribution in [0.3, 0.4) is 0 Å². The largest absolute Gasteiger partial charge is 0.495 e. The van der Waals surface area contributed by atoms with E-state index in [9.17, 15) is 14.4 Å². The third-order valence-corrected chi connectivity index (χ3v) is 5.42. The molecule has 0 aliphatic rings. The number of nitrogens with one attached hydrogen (secondary N) is 1. The summed E-state index contributed by atoms with van der Waals surface area (Å²) in [6.07, 6.45) is 1.28. The lowest BCUT2D eigenvalue weighted by molar-refractivity contribution is -0.116. The van der Waals surface area contributed by atoms with Gasteiger partial charge in [0.25, 0.3) is 5.56 Å². The summed E-state index contributed by atoms with van der Waals surface area (Å²) in [5.74, 6) is -0.653. The normalized spacial score (nSPS) is 10.8. The second kappa shape index (κ2) is 8.62. The van der Waals surface area contributed by atoms with Crippen molar-refractivity contribution in [2.24, 2.45) is 0 Å². The van der Waals surface area contributed by atoms with Crippen LogP contribution in [-0.4, -0.2) is 35.1 Å². The fourth-order valence-corrected chi connectivity index (χ4v) is 3.73. The first-order valence-electron chi connectivity index (χ1n) is 8.63. The lowest BCUT2D eigenvalue weighted by Gasteiger charge is -2.13. The first kappa shape index (κ1) is 20.8. The Kier molecular flexibility index (Phi) is 6.19. The molecule has 0 aliphatic heterocycles. The van der Waals surface area contributed by atoms with Gasteiger partial charge < -0.3 is 14.8 Å². The molecule has 1 amide bonds. The predicted octanol–water partition coefficient (Wildman–Crippen LogP) is 3.24. The minimum absolute atomic E-state index is 0.142. The highest BCUT2D eigenvalue weighted by atomic mass is 35.5. The van der Waals surface area contributed by atoms with Crippen molar-refractivity contribution in [2.75, 3.05) is 19.0 Å². The molecular weight excluding hydrogens is 418 g/mol. The van der Waals surface area contributed by atoms with Crippen molar-refractivity contribution in [3.63, 3.8) is 0 Å². The molecule has 0 spiro atoms. The van der Waals surface area contributed by atoms with Gasteiger partial charge in [0.05, 0.1) is 36.7 Å². The highest BCUT2D eigenvalue weighted by molar-refractivity contribution is 7.17. The highest BCUT2D eigenvalue weighted by Gasteiger charge is 2.19. The number of halogens is 1. The van der Waals surface area contributed by atoms with Gasteiger partial charge in [-0.3, -0.25) is 14.2 Å². The van der Waals surface area contributed by atoms with Crippen LogP contribution in [0.1, 0.15) is 22.8 Å². The Morgan fingerprint density at radius 3 is 2.79 bits per heavy atom. The monoisotopic (exact) mass is 435 g/mol. The maximum absolute atomic E-state index is 12.8. The summed E-state index contributed by atoms with van der Waals surface area (Å²) in [7, 11) is 1.46. The Bertz CT molecular complexity index is 1150. The number of fused-ring (bicyclic) bond motifs is 1. The number of methoxy groups -OCH3 is 1. The van der Waals surface area contributed by atoms with Crippen LogP contribution in [0, 0.1) is 6.92 Å². The Morgan fingerprint density at radius 2 is 2.10 bits per heavy atom. The standard InChI is InChI=1S/C19H18ClN3O5S/c1-4-28-19(26)11-8-29-17-16(11)18(25)23(9-21-17)7-15(24)22-13-5-10(2)12(20)6-14(13)27-3/h5-6,8-9H,4,7H2,1-3H3,(H,22,24). The summed E-state index contributed by atoms with van der Waals surface area (Å²) < 4.78 is 11.4.